The molecule has 0 aliphatic heterocycles. The van der Waals surface area contributed by atoms with Crippen LogP contribution in [0, 0.1) is 0 Å². The molecule has 17 heavy (non-hydrogen) atoms. The van der Waals surface area contributed by atoms with Crippen LogP contribution in [0.1, 0.15) is 13.8 Å². The first kappa shape index (κ1) is 14.0. The van der Waals surface area contributed by atoms with Gasteiger partial charge in [0.05, 0.1) is 20.3 Å². The molecule has 0 heterocycles. The third-order valence-electron chi connectivity index (χ3n) is 1.85. The molecule has 0 N–H and O–H groups in total. The van der Waals surface area contributed by atoms with Gasteiger partial charge in [-0.2, -0.15) is 0 Å². The number of phosphoric acid groups is 1. The Labute approximate surface area is 101 Å². The van der Waals surface area contributed by atoms with E-state index in [1.54, 1.807) is 45.2 Å². The van der Waals surface area contributed by atoms with E-state index < -0.39 is 7.82 Å². The molecule has 0 spiro atoms. The Hall–Kier alpha value is -1.03. The van der Waals surface area contributed by atoms with Crippen molar-refractivity contribution in [3.05, 3.63) is 24.3 Å². The van der Waals surface area contributed by atoms with Gasteiger partial charge in [0.1, 0.15) is 11.5 Å². The van der Waals surface area contributed by atoms with Gasteiger partial charge < -0.3 is 9.26 Å². The molecule has 1 aromatic carbocycles. The van der Waals surface area contributed by atoms with Gasteiger partial charge in [-0.1, -0.05) is 0 Å². The highest BCUT2D eigenvalue weighted by Gasteiger charge is 2.27. The summed E-state index contributed by atoms with van der Waals surface area (Å²) in [5.74, 6) is 1.11. The number of hydrogen-bond donors (Lipinski definition) is 0. The molecule has 0 amide bonds. The molecule has 6 heteroatoms. The van der Waals surface area contributed by atoms with Crippen molar-refractivity contribution in [2.75, 3.05) is 20.3 Å². The Balaban J connectivity index is 2.75. The highest BCUT2D eigenvalue weighted by molar-refractivity contribution is 7.48. The maximum absolute atomic E-state index is 12.0. The number of benzene rings is 1. The lowest BCUT2D eigenvalue weighted by Gasteiger charge is -2.17. The Kier molecular flexibility index (Phi) is 5.48. The van der Waals surface area contributed by atoms with Crippen molar-refractivity contribution >= 4 is 7.82 Å². The minimum absolute atomic E-state index is 0.257. The van der Waals surface area contributed by atoms with E-state index >= 15 is 0 Å². The number of rotatable bonds is 7. The first-order chi connectivity index (χ1) is 8.13. The fourth-order valence-electron chi connectivity index (χ4n) is 1.17. The summed E-state index contributed by atoms with van der Waals surface area (Å²) >= 11 is 0. The average molecular weight is 260 g/mol. The van der Waals surface area contributed by atoms with E-state index in [2.05, 4.69) is 0 Å². The molecule has 0 saturated heterocycles. The zero-order valence-electron chi connectivity index (χ0n) is 10.2. The van der Waals surface area contributed by atoms with Crippen molar-refractivity contribution < 1.29 is 22.9 Å². The molecule has 96 valence electrons. The Morgan fingerprint density at radius 2 is 1.47 bits per heavy atom. The first-order valence-corrected chi connectivity index (χ1v) is 6.82. The van der Waals surface area contributed by atoms with Crippen LogP contribution >= 0.6 is 7.82 Å². The molecular weight excluding hydrogens is 243 g/mol. The van der Waals surface area contributed by atoms with Crippen LogP contribution in [0.3, 0.4) is 0 Å². The molecule has 0 aliphatic rings. The number of hydrogen-bond acceptors (Lipinski definition) is 5. The SMILES string of the molecule is CCOP(=O)(OCC)Oc1ccc(OC)cc1. The Morgan fingerprint density at radius 1 is 1.00 bits per heavy atom. The molecule has 0 saturated carbocycles. The summed E-state index contributed by atoms with van der Waals surface area (Å²) in [5, 5.41) is 0. The van der Waals surface area contributed by atoms with Crippen LogP contribution in [-0.2, 0) is 13.6 Å². The van der Waals surface area contributed by atoms with Crippen LogP contribution < -0.4 is 9.26 Å². The summed E-state index contributed by atoms with van der Waals surface area (Å²) in [6.45, 7) is 3.97. The first-order valence-electron chi connectivity index (χ1n) is 5.36. The zero-order valence-corrected chi connectivity index (χ0v) is 11.1. The second kappa shape index (κ2) is 6.64. The van der Waals surface area contributed by atoms with Crippen molar-refractivity contribution in [3.8, 4) is 11.5 Å². The molecule has 0 atom stereocenters. The van der Waals surface area contributed by atoms with E-state index in [0.717, 1.165) is 0 Å². The van der Waals surface area contributed by atoms with Gasteiger partial charge in [0.25, 0.3) is 0 Å². The van der Waals surface area contributed by atoms with Crippen LogP contribution in [0.25, 0.3) is 0 Å². The number of phosphoric ester groups is 1. The number of ether oxygens (including phenoxy) is 1. The maximum atomic E-state index is 12.0. The highest BCUT2D eigenvalue weighted by Crippen LogP contribution is 2.49. The molecule has 0 aliphatic carbocycles. The van der Waals surface area contributed by atoms with E-state index in [9.17, 15) is 4.57 Å². The van der Waals surface area contributed by atoms with E-state index in [-0.39, 0.29) is 13.2 Å². The second-order valence-electron chi connectivity index (χ2n) is 3.05. The third-order valence-corrected chi connectivity index (χ3v) is 3.43. The molecule has 0 unspecified atom stereocenters. The smallest absolute Gasteiger partial charge is 0.497 e. The van der Waals surface area contributed by atoms with E-state index in [0.29, 0.717) is 11.5 Å². The van der Waals surface area contributed by atoms with Crippen LogP contribution in [0.2, 0.25) is 0 Å². The van der Waals surface area contributed by atoms with E-state index in [1.807, 2.05) is 0 Å². The van der Waals surface area contributed by atoms with Crippen molar-refractivity contribution in [3.63, 3.8) is 0 Å². The van der Waals surface area contributed by atoms with Crippen LogP contribution in [-0.4, -0.2) is 20.3 Å². The lowest BCUT2D eigenvalue weighted by atomic mass is 10.3. The predicted molar refractivity (Wildman–Crippen MR) is 64.5 cm³/mol. The minimum atomic E-state index is -3.51. The van der Waals surface area contributed by atoms with Crippen molar-refractivity contribution in [2.24, 2.45) is 0 Å². The standard InChI is InChI=1S/C11H17O5P/c1-4-14-17(12,15-5-2)16-11-8-6-10(13-3)7-9-11/h6-9H,4-5H2,1-3H3. The van der Waals surface area contributed by atoms with Crippen LogP contribution in [0.15, 0.2) is 24.3 Å². The van der Waals surface area contributed by atoms with E-state index in [1.165, 1.54) is 0 Å². The molecule has 0 aromatic heterocycles. The molecular formula is C11H17O5P. The quantitative estimate of drug-likeness (QED) is 0.704. The third kappa shape index (κ3) is 4.38. The Bertz CT molecular complexity index is 366. The average Bonchev–Trinajstić information content (AvgIpc) is 2.30. The van der Waals surface area contributed by atoms with Crippen LogP contribution in [0.5, 0.6) is 11.5 Å². The van der Waals surface area contributed by atoms with Crippen molar-refractivity contribution in [2.45, 2.75) is 13.8 Å². The summed E-state index contributed by atoms with van der Waals surface area (Å²) in [5.41, 5.74) is 0. The monoisotopic (exact) mass is 260 g/mol. The molecule has 0 fully saturated rings. The summed E-state index contributed by atoms with van der Waals surface area (Å²) in [6.07, 6.45) is 0. The van der Waals surface area contributed by atoms with Gasteiger partial charge in [-0.3, -0.25) is 9.05 Å². The fourth-order valence-corrected chi connectivity index (χ4v) is 2.36. The predicted octanol–water partition coefficient (Wildman–Crippen LogP) is 3.26. The Morgan fingerprint density at radius 3 is 1.88 bits per heavy atom. The lowest BCUT2D eigenvalue weighted by Crippen LogP contribution is -2.02. The van der Waals surface area contributed by atoms with Gasteiger partial charge in [-0.25, -0.2) is 4.57 Å². The highest BCUT2D eigenvalue weighted by atomic mass is 31.2. The maximum Gasteiger partial charge on any atom is 0.530 e. The van der Waals surface area contributed by atoms with Gasteiger partial charge in [0.2, 0.25) is 0 Å². The van der Waals surface area contributed by atoms with Crippen LogP contribution in [0.4, 0.5) is 0 Å². The zero-order chi connectivity index (χ0) is 12.7. The summed E-state index contributed by atoms with van der Waals surface area (Å²) in [4.78, 5) is 0. The molecule has 0 radical (unpaired) electrons. The summed E-state index contributed by atoms with van der Waals surface area (Å²) < 4.78 is 32.3. The second-order valence-corrected chi connectivity index (χ2v) is 4.64. The van der Waals surface area contributed by atoms with Gasteiger partial charge in [-0.15, -0.1) is 0 Å². The van der Waals surface area contributed by atoms with Crippen molar-refractivity contribution in [1.82, 2.24) is 0 Å². The summed E-state index contributed by atoms with van der Waals surface area (Å²) in [6, 6.07) is 6.70. The topological polar surface area (TPSA) is 54.0 Å². The summed E-state index contributed by atoms with van der Waals surface area (Å²) in [7, 11) is -1.94. The molecule has 0 bridgehead atoms. The van der Waals surface area contributed by atoms with Gasteiger partial charge in [0.15, 0.2) is 0 Å². The van der Waals surface area contributed by atoms with Gasteiger partial charge >= 0.3 is 7.82 Å². The minimum Gasteiger partial charge on any atom is -0.497 e. The van der Waals surface area contributed by atoms with Gasteiger partial charge in [-0.05, 0) is 38.1 Å². The normalized spacial score (nSPS) is 11.2. The lowest BCUT2D eigenvalue weighted by molar-refractivity contribution is 0.167. The molecule has 5 nitrogen and oxygen atoms in total. The molecule has 1 rings (SSSR count). The fraction of sp³-hybridized carbons (Fsp3) is 0.455. The molecule has 1 aromatic rings. The largest absolute Gasteiger partial charge is 0.530 e. The number of methoxy groups -OCH3 is 1. The van der Waals surface area contributed by atoms with E-state index in [4.69, 9.17) is 18.3 Å². The van der Waals surface area contributed by atoms with Crippen molar-refractivity contribution in [1.29, 1.82) is 0 Å². The van der Waals surface area contributed by atoms with Gasteiger partial charge in [0, 0.05) is 0 Å².